The Kier molecular flexibility index (Phi) is 4.46. The van der Waals surface area contributed by atoms with Crippen LogP contribution in [-0.2, 0) is 6.54 Å². The molecule has 1 saturated heterocycles. The van der Waals surface area contributed by atoms with Crippen molar-refractivity contribution in [2.24, 2.45) is 0 Å². The first-order valence-electron chi connectivity index (χ1n) is 7.84. The molecule has 1 N–H and O–H groups in total. The average molecular weight is 321 g/mol. The summed E-state index contributed by atoms with van der Waals surface area (Å²) in [7, 11) is 0. The van der Waals surface area contributed by atoms with E-state index < -0.39 is 17.7 Å². The van der Waals surface area contributed by atoms with Crippen LogP contribution in [0.4, 0.5) is 8.78 Å². The Hall–Kier alpha value is -1.79. The van der Waals surface area contributed by atoms with E-state index in [2.05, 4.69) is 5.10 Å². The number of aromatic nitrogens is 2. The molecule has 0 aliphatic carbocycles. The summed E-state index contributed by atoms with van der Waals surface area (Å²) in [6.07, 6.45) is 3.60. The maximum Gasteiger partial charge on any atom is 0.128 e. The van der Waals surface area contributed by atoms with Crippen molar-refractivity contribution in [2.75, 3.05) is 6.54 Å². The van der Waals surface area contributed by atoms with Gasteiger partial charge in [0.25, 0.3) is 0 Å². The molecule has 2 aromatic rings. The summed E-state index contributed by atoms with van der Waals surface area (Å²) in [5.74, 6) is -0.899. The summed E-state index contributed by atoms with van der Waals surface area (Å²) in [5.41, 5.74) is 1.30. The molecule has 0 radical (unpaired) electrons. The molecule has 0 amide bonds. The largest absolute Gasteiger partial charge is 0.392 e. The lowest BCUT2D eigenvalue weighted by Gasteiger charge is -2.24. The van der Waals surface area contributed by atoms with Gasteiger partial charge in [0.1, 0.15) is 11.6 Å². The fraction of sp³-hybridized carbons (Fsp3) is 0.471. The summed E-state index contributed by atoms with van der Waals surface area (Å²) in [5, 5.41) is 14.3. The van der Waals surface area contributed by atoms with Crippen LogP contribution in [0.5, 0.6) is 0 Å². The minimum atomic E-state index is -0.539. The molecule has 3 rings (SSSR count). The quantitative estimate of drug-likeness (QED) is 0.941. The molecular formula is C17H21F2N3O. The summed E-state index contributed by atoms with van der Waals surface area (Å²) in [6, 6.07) is 3.42. The van der Waals surface area contributed by atoms with E-state index in [0.717, 1.165) is 17.7 Å². The lowest BCUT2D eigenvalue weighted by atomic mass is 10.0. The first-order valence-corrected chi connectivity index (χ1v) is 7.84. The number of rotatable bonds is 4. The highest BCUT2D eigenvalue weighted by molar-refractivity contribution is 5.24. The van der Waals surface area contributed by atoms with Gasteiger partial charge in [0.05, 0.1) is 12.3 Å². The number of aliphatic hydroxyl groups excluding tert-OH is 1. The second kappa shape index (κ2) is 6.37. The van der Waals surface area contributed by atoms with Crippen LogP contribution in [-0.4, -0.2) is 32.4 Å². The summed E-state index contributed by atoms with van der Waals surface area (Å²) in [6.45, 7) is 5.07. The third-order valence-corrected chi connectivity index (χ3v) is 4.27. The van der Waals surface area contributed by atoms with Crippen molar-refractivity contribution < 1.29 is 13.9 Å². The van der Waals surface area contributed by atoms with Gasteiger partial charge in [0.15, 0.2) is 0 Å². The van der Waals surface area contributed by atoms with Crippen LogP contribution in [0.25, 0.3) is 0 Å². The Morgan fingerprint density at radius 1 is 1.35 bits per heavy atom. The molecule has 0 saturated carbocycles. The molecule has 0 bridgehead atoms. The molecule has 1 aromatic carbocycles. The molecule has 1 fully saturated rings. The van der Waals surface area contributed by atoms with Crippen LogP contribution in [0.3, 0.4) is 0 Å². The standard InChI is InChI=1S/C17H21F2N3O/c1-11(2)22-9-12(7-20-22)8-21-10-14(23)6-17(21)15-5-13(18)3-4-16(15)19/h3-5,7,9,11,14,17,23H,6,8,10H2,1-2H3. The van der Waals surface area contributed by atoms with Gasteiger partial charge in [-0.05, 0) is 38.5 Å². The van der Waals surface area contributed by atoms with Gasteiger partial charge in [-0.3, -0.25) is 9.58 Å². The van der Waals surface area contributed by atoms with E-state index in [1.54, 1.807) is 6.20 Å². The van der Waals surface area contributed by atoms with Crippen LogP contribution in [0, 0.1) is 11.6 Å². The van der Waals surface area contributed by atoms with E-state index in [4.69, 9.17) is 0 Å². The van der Waals surface area contributed by atoms with Gasteiger partial charge in [0.2, 0.25) is 0 Å². The lowest BCUT2D eigenvalue weighted by molar-refractivity contribution is 0.172. The highest BCUT2D eigenvalue weighted by Crippen LogP contribution is 2.35. The zero-order valence-corrected chi connectivity index (χ0v) is 13.3. The summed E-state index contributed by atoms with van der Waals surface area (Å²) >= 11 is 0. The fourth-order valence-corrected chi connectivity index (χ4v) is 3.12. The van der Waals surface area contributed by atoms with E-state index in [0.29, 0.717) is 25.1 Å². The summed E-state index contributed by atoms with van der Waals surface area (Å²) in [4.78, 5) is 1.98. The van der Waals surface area contributed by atoms with E-state index in [9.17, 15) is 13.9 Å². The number of likely N-dealkylation sites (tertiary alicyclic amines) is 1. The first-order chi connectivity index (χ1) is 10.9. The highest BCUT2D eigenvalue weighted by Gasteiger charge is 2.34. The van der Waals surface area contributed by atoms with Gasteiger partial charge in [-0.15, -0.1) is 0 Å². The number of β-amino-alcohol motifs (C(OH)–C–C–N with tert-alkyl or cyclic N) is 1. The van der Waals surface area contributed by atoms with Crippen LogP contribution in [0.15, 0.2) is 30.6 Å². The molecular weight excluding hydrogens is 300 g/mol. The third-order valence-electron chi connectivity index (χ3n) is 4.27. The van der Waals surface area contributed by atoms with Crippen LogP contribution < -0.4 is 0 Å². The number of benzene rings is 1. The molecule has 2 unspecified atom stereocenters. The predicted octanol–water partition coefficient (Wildman–Crippen LogP) is 3.05. The van der Waals surface area contributed by atoms with Gasteiger partial charge in [-0.25, -0.2) is 8.78 Å². The lowest BCUT2D eigenvalue weighted by Crippen LogP contribution is -2.24. The minimum absolute atomic E-state index is 0.268. The van der Waals surface area contributed by atoms with Gasteiger partial charge in [-0.2, -0.15) is 5.10 Å². The van der Waals surface area contributed by atoms with Gasteiger partial charge in [0, 0.05) is 42.5 Å². The number of aliphatic hydroxyl groups is 1. The monoisotopic (exact) mass is 321 g/mol. The molecule has 23 heavy (non-hydrogen) atoms. The third kappa shape index (κ3) is 3.43. The second-order valence-corrected chi connectivity index (χ2v) is 6.42. The Labute approximate surface area is 134 Å². The molecule has 1 aromatic heterocycles. The highest BCUT2D eigenvalue weighted by atomic mass is 19.1. The van der Waals surface area contributed by atoms with Crippen molar-refractivity contribution in [1.29, 1.82) is 0 Å². The molecule has 1 aliphatic rings. The fourth-order valence-electron chi connectivity index (χ4n) is 3.12. The first kappa shape index (κ1) is 16.1. The zero-order chi connectivity index (χ0) is 16.6. The van der Waals surface area contributed by atoms with Crippen molar-refractivity contribution in [3.05, 3.63) is 53.4 Å². The number of hydrogen-bond acceptors (Lipinski definition) is 3. The smallest absolute Gasteiger partial charge is 0.128 e. The van der Waals surface area contributed by atoms with Crippen LogP contribution in [0.1, 0.15) is 43.5 Å². The normalized spacial score (nSPS) is 22.2. The Morgan fingerprint density at radius 2 is 2.13 bits per heavy atom. The zero-order valence-electron chi connectivity index (χ0n) is 13.3. The topological polar surface area (TPSA) is 41.3 Å². The maximum absolute atomic E-state index is 14.1. The van der Waals surface area contributed by atoms with E-state index in [1.165, 1.54) is 6.07 Å². The SMILES string of the molecule is CC(C)n1cc(CN2CC(O)CC2c2cc(F)ccc2F)cn1. The van der Waals surface area contributed by atoms with Gasteiger partial charge >= 0.3 is 0 Å². The molecule has 6 heteroatoms. The molecule has 2 heterocycles. The molecule has 2 atom stereocenters. The van der Waals surface area contributed by atoms with Crippen molar-refractivity contribution in [2.45, 2.75) is 45.0 Å². The maximum atomic E-state index is 14.1. The van der Waals surface area contributed by atoms with Crippen LogP contribution in [0.2, 0.25) is 0 Å². The van der Waals surface area contributed by atoms with Crippen molar-refractivity contribution in [3.8, 4) is 0 Å². The minimum Gasteiger partial charge on any atom is -0.392 e. The van der Waals surface area contributed by atoms with E-state index >= 15 is 0 Å². The Balaban J connectivity index is 1.83. The Bertz CT molecular complexity index is 686. The predicted molar refractivity (Wildman–Crippen MR) is 82.7 cm³/mol. The van der Waals surface area contributed by atoms with Crippen molar-refractivity contribution >= 4 is 0 Å². The molecule has 1 aliphatic heterocycles. The molecule has 124 valence electrons. The molecule has 0 spiro atoms. The van der Waals surface area contributed by atoms with E-state index in [1.807, 2.05) is 29.6 Å². The van der Waals surface area contributed by atoms with Gasteiger partial charge < -0.3 is 5.11 Å². The summed E-state index contributed by atoms with van der Waals surface area (Å²) < 4.78 is 29.4. The number of halogens is 2. The van der Waals surface area contributed by atoms with E-state index in [-0.39, 0.29) is 12.1 Å². The van der Waals surface area contributed by atoms with Crippen LogP contribution >= 0.6 is 0 Å². The number of hydrogen-bond donors (Lipinski definition) is 1. The number of nitrogens with zero attached hydrogens (tertiary/aromatic N) is 3. The van der Waals surface area contributed by atoms with Gasteiger partial charge in [-0.1, -0.05) is 0 Å². The second-order valence-electron chi connectivity index (χ2n) is 6.42. The van der Waals surface area contributed by atoms with Crippen molar-refractivity contribution in [3.63, 3.8) is 0 Å². The Morgan fingerprint density at radius 3 is 2.83 bits per heavy atom. The van der Waals surface area contributed by atoms with Crippen molar-refractivity contribution in [1.82, 2.24) is 14.7 Å². The molecule has 4 nitrogen and oxygen atoms in total. The average Bonchev–Trinajstić information content (AvgIpc) is 3.09.